The van der Waals surface area contributed by atoms with E-state index in [1.165, 1.54) is 12.3 Å². The SMILES string of the molecule is CN1CC[C@H]2CN(C(=O)c3c[nH]c(=O)c(Cl)c3)C[C@H]21. The molecule has 0 saturated carbocycles. The molecule has 3 rings (SSSR count). The molecule has 2 atom stereocenters. The highest BCUT2D eigenvalue weighted by atomic mass is 35.5. The number of carbonyl (C=O) groups excluding carboxylic acids is 1. The van der Waals surface area contributed by atoms with Gasteiger partial charge in [-0.15, -0.1) is 0 Å². The first kappa shape index (κ1) is 12.7. The molecule has 3 heterocycles. The Kier molecular flexibility index (Phi) is 3.11. The summed E-state index contributed by atoms with van der Waals surface area (Å²) >= 11 is 5.76. The number of pyridine rings is 1. The van der Waals surface area contributed by atoms with Crippen molar-refractivity contribution in [3.8, 4) is 0 Å². The molecule has 2 aliphatic heterocycles. The van der Waals surface area contributed by atoms with Crippen molar-refractivity contribution in [1.82, 2.24) is 14.8 Å². The maximum atomic E-state index is 12.4. The molecule has 19 heavy (non-hydrogen) atoms. The molecular formula is C13H16ClN3O2. The minimum absolute atomic E-state index is 0.0547. The molecule has 0 bridgehead atoms. The lowest BCUT2D eigenvalue weighted by molar-refractivity contribution is 0.0774. The van der Waals surface area contributed by atoms with E-state index in [-0.39, 0.29) is 16.5 Å². The number of likely N-dealkylation sites (tertiary alicyclic amines) is 2. The summed E-state index contributed by atoms with van der Waals surface area (Å²) in [5, 5.41) is 0.0577. The third-order valence-corrected chi connectivity index (χ3v) is 4.50. The predicted molar refractivity (Wildman–Crippen MR) is 72.5 cm³/mol. The number of halogens is 1. The van der Waals surface area contributed by atoms with Gasteiger partial charge in [0.25, 0.3) is 11.5 Å². The zero-order chi connectivity index (χ0) is 13.6. The summed E-state index contributed by atoms with van der Waals surface area (Å²) in [5.74, 6) is 0.521. The number of rotatable bonds is 1. The molecule has 2 saturated heterocycles. The van der Waals surface area contributed by atoms with Crippen molar-refractivity contribution in [1.29, 1.82) is 0 Å². The maximum absolute atomic E-state index is 12.4. The van der Waals surface area contributed by atoms with Crippen molar-refractivity contribution in [2.24, 2.45) is 5.92 Å². The first-order chi connectivity index (χ1) is 9.06. The van der Waals surface area contributed by atoms with Crippen molar-refractivity contribution < 1.29 is 4.79 Å². The van der Waals surface area contributed by atoms with Crippen LogP contribution in [0.1, 0.15) is 16.8 Å². The molecule has 1 aromatic heterocycles. The molecule has 2 fully saturated rings. The van der Waals surface area contributed by atoms with E-state index in [1.54, 1.807) is 0 Å². The zero-order valence-corrected chi connectivity index (χ0v) is 11.5. The monoisotopic (exact) mass is 281 g/mol. The van der Waals surface area contributed by atoms with Crippen LogP contribution in [0.25, 0.3) is 0 Å². The summed E-state index contributed by atoms with van der Waals surface area (Å²) in [7, 11) is 2.11. The Morgan fingerprint density at radius 1 is 1.47 bits per heavy atom. The molecule has 102 valence electrons. The molecule has 6 heteroatoms. The van der Waals surface area contributed by atoms with Crippen molar-refractivity contribution >= 4 is 17.5 Å². The molecule has 0 radical (unpaired) electrons. The fraction of sp³-hybridized carbons (Fsp3) is 0.538. The highest BCUT2D eigenvalue weighted by Crippen LogP contribution is 2.30. The number of carbonyl (C=O) groups is 1. The highest BCUT2D eigenvalue weighted by molar-refractivity contribution is 6.30. The van der Waals surface area contributed by atoms with Crippen LogP contribution in [0.3, 0.4) is 0 Å². The molecule has 5 nitrogen and oxygen atoms in total. The molecule has 0 aliphatic carbocycles. The average Bonchev–Trinajstić information content (AvgIpc) is 2.95. The fourth-order valence-electron chi connectivity index (χ4n) is 3.10. The van der Waals surface area contributed by atoms with E-state index in [0.717, 1.165) is 26.1 Å². The number of aromatic amines is 1. The molecule has 1 N–H and O–H groups in total. The number of H-pyrrole nitrogens is 1. The van der Waals surface area contributed by atoms with Gasteiger partial charge in [0.2, 0.25) is 0 Å². The van der Waals surface area contributed by atoms with Gasteiger partial charge in [0, 0.05) is 25.3 Å². The fourth-order valence-corrected chi connectivity index (χ4v) is 3.27. The van der Waals surface area contributed by atoms with E-state index in [2.05, 4.69) is 16.9 Å². The Morgan fingerprint density at radius 3 is 2.95 bits per heavy atom. The normalized spacial score (nSPS) is 26.7. The average molecular weight is 282 g/mol. The lowest BCUT2D eigenvalue weighted by Crippen LogP contribution is -2.35. The topological polar surface area (TPSA) is 56.4 Å². The largest absolute Gasteiger partial charge is 0.337 e. The van der Waals surface area contributed by atoms with Gasteiger partial charge >= 0.3 is 0 Å². The summed E-state index contributed by atoms with van der Waals surface area (Å²) in [6, 6.07) is 1.92. The van der Waals surface area contributed by atoms with Gasteiger partial charge in [-0.3, -0.25) is 9.59 Å². The third-order valence-electron chi connectivity index (χ3n) is 4.22. The maximum Gasteiger partial charge on any atom is 0.266 e. The standard InChI is InChI=1S/C13H16ClN3O2/c1-16-3-2-8-6-17(7-11(8)16)13(19)9-4-10(14)12(18)15-5-9/h4-5,8,11H,2-3,6-7H2,1H3,(H,15,18)/t8-,11+/m0/s1. The quantitative estimate of drug-likeness (QED) is 0.829. The molecular weight excluding hydrogens is 266 g/mol. The van der Waals surface area contributed by atoms with Crippen LogP contribution in [0.4, 0.5) is 0 Å². The third kappa shape index (κ3) is 2.17. The van der Waals surface area contributed by atoms with Gasteiger partial charge < -0.3 is 14.8 Å². The summed E-state index contributed by atoms with van der Waals surface area (Å²) in [6.07, 6.45) is 2.59. The van der Waals surface area contributed by atoms with Crippen LogP contribution in [0.5, 0.6) is 0 Å². The van der Waals surface area contributed by atoms with Gasteiger partial charge in [-0.2, -0.15) is 0 Å². The first-order valence-electron chi connectivity index (χ1n) is 6.44. The van der Waals surface area contributed by atoms with Crippen molar-refractivity contribution in [3.63, 3.8) is 0 Å². The van der Waals surface area contributed by atoms with E-state index in [4.69, 9.17) is 11.6 Å². The van der Waals surface area contributed by atoms with Crippen LogP contribution >= 0.6 is 11.6 Å². The second-order valence-corrected chi connectivity index (χ2v) is 5.78. The number of hydrogen-bond donors (Lipinski definition) is 1. The van der Waals surface area contributed by atoms with E-state index >= 15 is 0 Å². The number of aromatic nitrogens is 1. The Morgan fingerprint density at radius 2 is 2.26 bits per heavy atom. The Balaban J connectivity index is 1.78. The van der Waals surface area contributed by atoms with Crippen LogP contribution in [0, 0.1) is 5.92 Å². The van der Waals surface area contributed by atoms with Crippen molar-refractivity contribution in [2.75, 3.05) is 26.7 Å². The van der Waals surface area contributed by atoms with E-state index in [9.17, 15) is 9.59 Å². The summed E-state index contributed by atoms with van der Waals surface area (Å²) in [4.78, 5) is 30.2. The first-order valence-corrected chi connectivity index (χ1v) is 6.82. The number of hydrogen-bond acceptors (Lipinski definition) is 3. The van der Waals surface area contributed by atoms with Gasteiger partial charge in [0.05, 0.1) is 5.56 Å². The second kappa shape index (κ2) is 4.65. The van der Waals surface area contributed by atoms with Gasteiger partial charge in [0.1, 0.15) is 5.02 Å². The Hall–Kier alpha value is -1.33. The number of nitrogens with one attached hydrogen (secondary N) is 1. The minimum atomic E-state index is -0.365. The van der Waals surface area contributed by atoms with E-state index in [1.807, 2.05) is 4.90 Å². The molecule has 0 aromatic carbocycles. The smallest absolute Gasteiger partial charge is 0.266 e. The number of nitrogens with zero attached hydrogens (tertiary/aromatic N) is 2. The van der Waals surface area contributed by atoms with E-state index < -0.39 is 0 Å². The predicted octanol–water partition coefficient (Wildman–Crippen LogP) is 0.804. The molecule has 2 aliphatic rings. The highest BCUT2D eigenvalue weighted by Gasteiger charge is 2.41. The molecule has 0 spiro atoms. The van der Waals surface area contributed by atoms with Crippen molar-refractivity contribution in [2.45, 2.75) is 12.5 Å². The van der Waals surface area contributed by atoms with E-state index in [0.29, 0.717) is 17.5 Å². The summed E-state index contributed by atoms with van der Waals surface area (Å²) in [5.41, 5.74) is 0.0865. The number of likely N-dealkylation sites (N-methyl/N-ethyl adjacent to an activating group) is 1. The molecule has 0 unspecified atom stereocenters. The number of amides is 1. The van der Waals surface area contributed by atoms with Crippen LogP contribution in [0.2, 0.25) is 5.02 Å². The lowest BCUT2D eigenvalue weighted by Gasteiger charge is -2.20. The van der Waals surface area contributed by atoms with Gasteiger partial charge in [0.15, 0.2) is 0 Å². The zero-order valence-electron chi connectivity index (χ0n) is 10.7. The summed E-state index contributed by atoms with van der Waals surface area (Å²) in [6.45, 7) is 2.67. The molecule has 1 aromatic rings. The minimum Gasteiger partial charge on any atom is -0.337 e. The van der Waals surface area contributed by atoms with Crippen LogP contribution in [0.15, 0.2) is 17.1 Å². The van der Waals surface area contributed by atoms with Crippen LogP contribution in [-0.2, 0) is 0 Å². The van der Waals surface area contributed by atoms with Gasteiger partial charge in [-0.1, -0.05) is 11.6 Å². The second-order valence-electron chi connectivity index (χ2n) is 5.37. The van der Waals surface area contributed by atoms with Crippen LogP contribution < -0.4 is 5.56 Å². The van der Waals surface area contributed by atoms with Gasteiger partial charge in [-0.25, -0.2) is 0 Å². The Bertz CT molecular complexity index is 571. The van der Waals surface area contributed by atoms with Crippen molar-refractivity contribution in [3.05, 3.63) is 33.2 Å². The van der Waals surface area contributed by atoms with Gasteiger partial charge in [-0.05, 0) is 32.0 Å². The Labute approximate surface area is 116 Å². The van der Waals surface area contributed by atoms with Crippen LogP contribution in [-0.4, -0.2) is 53.4 Å². The lowest BCUT2D eigenvalue weighted by atomic mass is 10.1. The summed E-state index contributed by atoms with van der Waals surface area (Å²) < 4.78 is 0. The number of fused-ring (bicyclic) bond motifs is 1. The molecule has 1 amide bonds.